The van der Waals surface area contributed by atoms with Gasteiger partial charge in [-0.1, -0.05) is 30.3 Å². The van der Waals surface area contributed by atoms with E-state index in [-0.39, 0.29) is 12.5 Å². The summed E-state index contributed by atoms with van der Waals surface area (Å²) in [5, 5.41) is 25.0. The van der Waals surface area contributed by atoms with Gasteiger partial charge >= 0.3 is 0 Å². The molecule has 1 aliphatic rings. The van der Waals surface area contributed by atoms with Gasteiger partial charge in [0, 0.05) is 39.1 Å². The molecule has 3 rings (SSSR count). The van der Waals surface area contributed by atoms with E-state index in [0.29, 0.717) is 13.1 Å². The van der Waals surface area contributed by atoms with Gasteiger partial charge in [0.25, 0.3) is 0 Å². The van der Waals surface area contributed by atoms with Crippen molar-refractivity contribution in [3.8, 4) is 0 Å². The zero-order valence-electron chi connectivity index (χ0n) is 18.6. The molecule has 1 aromatic heterocycles. The van der Waals surface area contributed by atoms with Crippen LogP contribution >= 0.6 is 0 Å². The highest BCUT2D eigenvalue weighted by Crippen LogP contribution is 2.13. The van der Waals surface area contributed by atoms with Crippen molar-refractivity contribution in [2.75, 3.05) is 52.5 Å². The van der Waals surface area contributed by atoms with E-state index in [0.717, 1.165) is 69.0 Å². The maximum atomic E-state index is 9.86. The number of rotatable bonds is 10. The average Bonchev–Trinajstić information content (AvgIpc) is 3.13. The Bertz CT molecular complexity index is 803. The molecule has 1 atom stereocenters. The second-order valence-electron chi connectivity index (χ2n) is 7.79. The number of aliphatic hydroxyl groups is 1. The molecule has 2 heterocycles. The number of aliphatic hydroxyl groups excluding tert-OH is 1. The minimum atomic E-state index is -0.00128. The number of nitrogens with one attached hydrogen (secondary N) is 2. The lowest BCUT2D eigenvalue weighted by atomic mass is 10.0. The first-order valence-electron chi connectivity index (χ1n) is 11.0. The molecule has 1 fully saturated rings. The Morgan fingerprint density at radius 2 is 1.97 bits per heavy atom. The third-order valence-electron chi connectivity index (χ3n) is 5.62. The van der Waals surface area contributed by atoms with E-state index < -0.39 is 0 Å². The maximum absolute atomic E-state index is 9.86. The van der Waals surface area contributed by atoms with Gasteiger partial charge in [0.15, 0.2) is 11.8 Å². The predicted octanol–water partition coefficient (Wildman–Crippen LogP) is 0.657. The van der Waals surface area contributed by atoms with Crippen LogP contribution in [0.1, 0.15) is 29.6 Å². The summed E-state index contributed by atoms with van der Waals surface area (Å²) < 4.78 is 7.36. The van der Waals surface area contributed by atoms with Crippen molar-refractivity contribution in [3.63, 3.8) is 0 Å². The molecular formula is C22H35N7O2. The van der Waals surface area contributed by atoms with Gasteiger partial charge in [-0.2, -0.15) is 0 Å². The molecule has 1 unspecified atom stereocenters. The molecule has 9 nitrogen and oxygen atoms in total. The first kappa shape index (κ1) is 23.2. The van der Waals surface area contributed by atoms with E-state index in [1.807, 2.05) is 48.9 Å². The number of guanidine groups is 1. The van der Waals surface area contributed by atoms with Crippen LogP contribution in [-0.4, -0.2) is 83.3 Å². The van der Waals surface area contributed by atoms with Crippen molar-refractivity contribution in [2.45, 2.75) is 25.8 Å². The minimum Gasteiger partial charge on any atom is -0.396 e. The summed E-state index contributed by atoms with van der Waals surface area (Å²) in [6, 6.07) is 10.0. The minimum absolute atomic E-state index is 0.00128. The topological polar surface area (TPSA) is 99.8 Å². The highest BCUT2D eigenvalue weighted by atomic mass is 16.5. The van der Waals surface area contributed by atoms with Crippen LogP contribution in [0.15, 0.2) is 35.3 Å². The Hall–Kier alpha value is -2.49. The third-order valence-corrected chi connectivity index (χ3v) is 5.62. The average molecular weight is 430 g/mol. The van der Waals surface area contributed by atoms with Crippen LogP contribution in [-0.2, 0) is 18.3 Å². The molecule has 1 aliphatic heterocycles. The van der Waals surface area contributed by atoms with Crippen LogP contribution in [0.5, 0.6) is 0 Å². The third kappa shape index (κ3) is 7.30. The molecule has 0 spiro atoms. The van der Waals surface area contributed by atoms with Crippen molar-refractivity contribution in [2.24, 2.45) is 12.0 Å². The van der Waals surface area contributed by atoms with Crippen molar-refractivity contribution in [1.29, 1.82) is 0 Å². The summed E-state index contributed by atoms with van der Waals surface area (Å²) in [5.41, 5.74) is 1.10. The Morgan fingerprint density at radius 3 is 2.65 bits per heavy atom. The number of aryl methyl sites for hydroxylation is 1. The standard InChI is InChI=1S/C22H35N7O2/c1-18-26-27-21(28(18)2)16-25-22(23-9-6-10-29-11-13-31-14-12-29)24-15-20(17-30)19-7-4-3-5-8-19/h3-5,7-8,20,30H,6,9-17H2,1-2H3,(H2,23,24,25). The van der Waals surface area contributed by atoms with Crippen LogP contribution < -0.4 is 10.6 Å². The highest BCUT2D eigenvalue weighted by Gasteiger charge is 2.13. The van der Waals surface area contributed by atoms with Gasteiger partial charge in [0.2, 0.25) is 0 Å². The lowest BCUT2D eigenvalue weighted by Gasteiger charge is -2.26. The van der Waals surface area contributed by atoms with Gasteiger partial charge in [-0.15, -0.1) is 10.2 Å². The lowest BCUT2D eigenvalue weighted by Crippen LogP contribution is -2.42. The quantitative estimate of drug-likeness (QED) is 0.290. The lowest BCUT2D eigenvalue weighted by molar-refractivity contribution is 0.0376. The van der Waals surface area contributed by atoms with E-state index >= 15 is 0 Å². The number of benzene rings is 1. The predicted molar refractivity (Wildman–Crippen MR) is 121 cm³/mol. The molecule has 2 aromatic rings. The fraction of sp³-hybridized carbons (Fsp3) is 0.591. The molecule has 0 amide bonds. The van der Waals surface area contributed by atoms with Crippen molar-refractivity contribution >= 4 is 5.96 Å². The molecule has 1 saturated heterocycles. The van der Waals surface area contributed by atoms with Crippen molar-refractivity contribution in [3.05, 3.63) is 47.5 Å². The van der Waals surface area contributed by atoms with Crippen LogP contribution in [0.25, 0.3) is 0 Å². The van der Waals surface area contributed by atoms with Crippen LogP contribution in [0.2, 0.25) is 0 Å². The second-order valence-corrected chi connectivity index (χ2v) is 7.79. The maximum Gasteiger partial charge on any atom is 0.191 e. The summed E-state index contributed by atoms with van der Waals surface area (Å²) >= 11 is 0. The first-order valence-corrected chi connectivity index (χ1v) is 11.0. The zero-order chi connectivity index (χ0) is 21.9. The Morgan fingerprint density at radius 1 is 1.19 bits per heavy atom. The van der Waals surface area contributed by atoms with Crippen molar-refractivity contribution < 1.29 is 9.84 Å². The molecule has 31 heavy (non-hydrogen) atoms. The number of hydrogen-bond acceptors (Lipinski definition) is 6. The summed E-state index contributed by atoms with van der Waals surface area (Å²) in [5.74, 6) is 2.40. The van der Waals surface area contributed by atoms with E-state index in [1.165, 1.54) is 0 Å². The van der Waals surface area contributed by atoms with Crippen LogP contribution in [0.3, 0.4) is 0 Å². The van der Waals surface area contributed by atoms with Gasteiger partial charge < -0.3 is 25.0 Å². The number of morpholine rings is 1. The number of hydrogen-bond donors (Lipinski definition) is 3. The van der Waals surface area contributed by atoms with Crippen LogP contribution in [0, 0.1) is 6.92 Å². The van der Waals surface area contributed by atoms with Gasteiger partial charge in [-0.25, -0.2) is 4.99 Å². The van der Waals surface area contributed by atoms with Crippen molar-refractivity contribution in [1.82, 2.24) is 30.3 Å². The largest absolute Gasteiger partial charge is 0.396 e. The van der Waals surface area contributed by atoms with Gasteiger partial charge in [0.05, 0.1) is 19.8 Å². The number of aliphatic imine (C=N–C) groups is 1. The Balaban J connectivity index is 1.56. The Labute approximate surface area is 184 Å². The second kappa shape index (κ2) is 12.4. The summed E-state index contributed by atoms with van der Waals surface area (Å²) in [6.07, 6.45) is 1.02. The normalized spacial score (nSPS) is 16.3. The fourth-order valence-electron chi connectivity index (χ4n) is 3.48. The van der Waals surface area contributed by atoms with E-state index in [9.17, 15) is 5.11 Å². The smallest absolute Gasteiger partial charge is 0.191 e. The number of ether oxygens (including phenoxy) is 1. The SMILES string of the molecule is Cc1nnc(CN=C(NCCCN2CCOCC2)NCC(CO)c2ccccc2)n1C. The highest BCUT2D eigenvalue weighted by molar-refractivity contribution is 5.79. The monoisotopic (exact) mass is 429 g/mol. The van der Waals surface area contributed by atoms with E-state index in [2.05, 4.69) is 25.7 Å². The van der Waals surface area contributed by atoms with E-state index in [4.69, 9.17) is 9.73 Å². The van der Waals surface area contributed by atoms with Gasteiger partial charge in [0.1, 0.15) is 12.4 Å². The molecule has 1 aromatic carbocycles. The van der Waals surface area contributed by atoms with E-state index in [1.54, 1.807) is 0 Å². The first-order chi connectivity index (χ1) is 15.2. The summed E-state index contributed by atoms with van der Waals surface area (Å²) in [7, 11) is 1.94. The summed E-state index contributed by atoms with van der Waals surface area (Å²) in [6.45, 7) is 8.52. The molecule has 0 saturated carbocycles. The van der Waals surface area contributed by atoms with Crippen LogP contribution in [0.4, 0.5) is 0 Å². The summed E-state index contributed by atoms with van der Waals surface area (Å²) in [4.78, 5) is 7.13. The molecular weight excluding hydrogens is 394 g/mol. The molecule has 170 valence electrons. The van der Waals surface area contributed by atoms with Gasteiger partial charge in [-0.05, 0) is 25.5 Å². The molecule has 0 bridgehead atoms. The zero-order valence-corrected chi connectivity index (χ0v) is 18.6. The fourth-order valence-corrected chi connectivity index (χ4v) is 3.48. The molecule has 3 N–H and O–H groups in total. The van der Waals surface area contributed by atoms with Gasteiger partial charge in [-0.3, -0.25) is 4.90 Å². The molecule has 0 aliphatic carbocycles. The number of nitrogens with zero attached hydrogens (tertiary/aromatic N) is 5. The number of aromatic nitrogens is 3. The molecule has 9 heteroatoms. The Kier molecular flexibility index (Phi) is 9.26. The molecule has 0 radical (unpaired) electrons.